The number of hydrogen-bond donors (Lipinski definition) is 1. The summed E-state index contributed by atoms with van der Waals surface area (Å²) in [5.74, 6) is 0. The number of nitrogens with zero attached hydrogens (tertiary/aromatic N) is 1. The van der Waals surface area contributed by atoms with Crippen LogP contribution in [0.15, 0.2) is 29.2 Å². The van der Waals surface area contributed by atoms with Crippen molar-refractivity contribution in [2.75, 3.05) is 19.7 Å². The van der Waals surface area contributed by atoms with Gasteiger partial charge < -0.3 is 10.1 Å². The molecule has 0 aliphatic carbocycles. The summed E-state index contributed by atoms with van der Waals surface area (Å²) in [6.07, 6.45) is -4.10. The summed E-state index contributed by atoms with van der Waals surface area (Å²) in [7, 11) is -3.52. The van der Waals surface area contributed by atoms with Gasteiger partial charge in [0.15, 0.2) is 6.61 Å². The Hall–Kier alpha value is -1.81. The SMILES string of the molecule is O=C(NCc1ccc(S(=O)(=O)N2CCCC2)cc1)OCC(F)(F)F. The van der Waals surface area contributed by atoms with Crippen LogP contribution in [0.5, 0.6) is 0 Å². The molecule has 0 unspecified atom stereocenters. The van der Waals surface area contributed by atoms with Crippen molar-refractivity contribution in [2.45, 2.75) is 30.5 Å². The van der Waals surface area contributed by atoms with Crippen LogP contribution < -0.4 is 5.32 Å². The van der Waals surface area contributed by atoms with Gasteiger partial charge in [0, 0.05) is 19.6 Å². The minimum Gasteiger partial charge on any atom is -0.440 e. The van der Waals surface area contributed by atoms with Crippen LogP contribution in [0, 0.1) is 0 Å². The molecule has 0 aromatic heterocycles. The molecule has 6 nitrogen and oxygen atoms in total. The molecule has 24 heavy (non-hydrogen) atoms. The second-order valence-electron chi connectivity index (χ2n) is 5.30. The van der Waals surface area contributed by atoms with Crippen molar-refractivity contribution < 1.29 is 31.1 Å². The Morgan fingerprint density at radius 3 is 2.29 bits per heavy atom. The molecular weight excluding hydrogens is 349 g/mol. The molecule has 0 saturated carbocycles. The maximum Gasteiger partial charge on any atom is 0.422 e. The summed E-state index contributed by atoms with van der Waals surface area (Å²) >= 11 is 0. The van der Waals surface area contributed by atoms with Gasteiger partial charge in [-0.05, 0) is 30.5 Å². The first-order valence-electron chi connectivity index (χ1n) is 7.25. The standard InChI is InChI=1S/C14H17F3N2O4S/c15-14(16,17)10-23-13(20)18-9-11-3-5-12(6-4-11)24(21,22)19-7-1-2-8-19/h3-6H,1-2,7-10H2,(H,18,20). The van der Waals surface area contributed by atoms with Gasteiger partial charge in [0.1, 0.15) is 0 Å². The number of nitrogens with one attached hydrogen (secondary N) is 1. The molecule has 0 bridgehead atoms. The van der Waals surface area contributed by atoms with E-state index in [1.807, 2.05) is 0 Å². The maximum absolute atomic E-state index is 12.3. The summed E-state index contributed by atoms with van der Waals surface area (Å²) in [5, 5.41) is 2.16. The highest BCUT2D eigenvalue weighted by Crippen LogP contribution is 2.21. The van der Waals surface area contributed by atoms with Crippen molar-refractivity contribution in [1.82, 2.24) is 9.62 Å². The monoisotopic (exact) mass is 366 g/mol. The third-order valence-electron chi connectivity index (χ3n) is 3.43. The molecule has 0 spiro atoms. The molecule has 1 aromatic rings. The number of benzene rings is 1. The van der Waals surface area contributed by atoms with Crippen LogP contribution in [0.25, 0.3) is 0 Å². The van der Waals surface area contributed by atoms with Gasteiger partial charge in [-0.2, -0.15) is 17.5 Å². The highest BCUT2D eigenvalue weighted by atomic mass is 32.2. The van der Waals surface area contributed by atoms with Crippen molar-refractivity contribution in [3.63, 3.8) is 0 Å². The molecule has 1 fully saturated rings. The second kappa shape index (κ2) is 7.39. The van der Waals surface area contributed by atoms with Crippen LogP contribution in [-0.4, -0.2) is 44.7 Å². The summed E-state index contributed by atoms with van der Waals surface area (Å²) in [4.78, 5) is 11.3. The zero-order valence-corrected chi connectivity index (χ0v) is 13.5. The van der Waals surface area contributed by atoms with E-state index in [0.29, 0.717) is 18.7 Å². The Morgan fingerprint density at radius 2 is 1.75 bits per heavy atom. The van der Waals surface area contributed by atoms with Crippen LogP contribution in [0.2, 0.25) is 0 Å². The molecule has 1 saturated heterocycles. The number of ether oxygens (including phenoxy) is 1. The Labute approximate surface area is 137 Å². The number of sulfonamides is 1. The van der Waals surface area contributed by atoms with Gasteiger partial charge in [-0.15, -0.1) is 0 Å². The van der Waals surface area contributed by atoms with Crippen LogP contribution in [0.1, 0.15) is 18.4 Å². The lowest BCUT2D eigenvalue weighted by molar-refractivity contribution is -0.160. The molecule has 134 valence electrons. The zero-order valence-electron chi connectivity index (χ0n) is 12.7. The van der Waals surface area contributed by atoms with Gasteiger partial charge in [0.2, 0.25) is 10.0 Å². The fraction of sp³-hybridized carbons (Fsp3) is 0.500. The average molecular weight is 366 g/mol. The number of carbonyl (C=O) groups excluding carboxylic acids is 1. The molecule has 1 aromatic carbocycles. The lowest BCUT2D eigenvalue weighted by atomic mass is 10.2. The third kappa shape index (κ3) is 5.10. The van der Waals surface area contributed by atoms with Crippen molar-refractivity contribution in [2.24, 2.45) is 0 Å². The van der Waals surface area contributed by atoms with Gasteiger partial charge >= 0.3 is 12.3 Å². The van der Waals surface area contributed by atoms with Crippen molar-refractivity contribution >= 4 is 16.1 Å². The minimum absolute atomic E-state index is 0.0687. The predicted octanol–water partition coefficient (Wildman–Crippen LogP) is 2.26. The molecule has 1 heterocycles. The third-order valence-corrected chi connectivity index (χ3v) is 5.34. The smallest absolute Gasteiger partial charge is 0.422 e. The van der Waals surface area contributed by atoms with Crippen LogP contribution in [0.4, 0.5) is 18.0 Å². The Bertz CT molecular complexity index is 668. The Kier molecular flexibility index (Phi) is 5.70. The lowest BCUT2D eigenvalue weighted by Crippen LogP contribution is -2.29. The van der Waals surface area contributed by atoms with Gasteiger partial charge in [0.05, 0.1) is 4.90 Å². The molecule has 0 atom stereocenters. The Morgan fingerprint density at radius 1 is 1.17 bits per heavy atom. The van der Waals surface area contributed by atoms with E-state index in [4.69, 9.17) is 0 Å². The average Bonchev–Trinajstić information content (AvgIpc) is 3.06. The topological polar surface area (TPSA) is 75.7 Å². The number of carbonyl (C=O) groups is 1. The van der Waals surface area contributed by atoms with E-state index in [9.17, 15) is 26.4 Å². The molecular formula is C14H17F3N2O4S. The molecule has 1 aliphatic heterocycles. The maximum atomic E-state index is 12.3. The predicted molar refractivity (Wildman–Crippen MR) is 78.7 cm³/mol. The van der Waals surface area contributed by atoms with Crippen molar-refractivity contribution in [3.05, 3.63) is 29.8 Å². The van der Waals surface area contributed by atoms with Crippen LogP contribution >= 0.6 is 0 Å². The first kappa shape index (κ1) is 18.5. The van der Waals surface area contributed by atoms with Gasteiger partial charge in [-0.1, -0.05) is 12.1 Å². The summed E-state index contributed by atoms with van der Waals surface area (Å²) in [6, 6.07) is 5.80. The van der Waals surface area contributed by atoms with E-state index < -0.39 is 28.9 Å². The number of alkyl carbamates (subject to hydrolysis) is 1. The number of rotatable bonds is 5. The Balaban J connectivity index is 1.89. The fourth-order valence-electron chi connectivity index (χ4n) is 2.23. The minimum atomic E-state index is -4.58. The molecule has 10 heteroatoms. The molecule has 0 radical (unpaired) electrons. The second-order valence-corrected chi connectivity index (χ2v) is 7.24. The van der Waals surface area contributed by atoms with Gasteiger partial charge in [-0.3, -0.25) is 0 Å². The zero-order chi connectivity index (χ0) is 17.8. The summed E-state index contributed by atoms with van der Waals surface area (Å²) in [5.41, 5.74) is 0.541. The van der Waals surface area contributed by atoms with E-state index >= 15 is 0 Å². The highest BCUT2D eigenvalue weighted by molar-refractivity contribution is 7.89. The lowest BCUT2D eigenvalue weighted by Gasteiger charge is -2.15. The van der Waals surface area contributed by atoms with Crippen molar-refractivity contribution in [1.29, 1.82) is 0 Å². The summed E-state index contributed by atoms with van der Waals surface area (Å²) < 4.78 is 65.7. The van der Waals surface area contributed by atoms with Crippen molar-refractivity contribution in [3.8, 4) is 0 Å². The van der Waals surface area contributed by atoms with E-state index in [2.05, 4.69) is 10.1 Å². The van der Waals surface area contributed by atoms with Crippen LogP contribution in [0.3, 0.4) is 0 Å². The van der Waals surface area contributed by atoms with Gasteiger partial charge in [0.25, 0.3) is 0 Å². The first-order valence-corrected chi connectivity index (χ1v) is 8.69. The number of halogens is 3. The molecule has 1 amide bonds. The first-order chi connectivity index (χ1) is 11.2. The molecule has 2 rings (SSSR count). The molecule has 1 aliphatic rings. The van der Waals surface area contributed by atoms with Gasteiger partial charge in [-0.25, -0.2) is 13.2 Å². The van der Waals surface area contributed by atoms with E-state index in [1.54, 1.807) is 0 Å². The normalized spacial score (nSPS) is 16.1. The quantitative estimate of drug-likeness (QED) is 0.867. The number of alkyl halides is 3. The number of amides is 1. The van der Waals surface area contributed by atoms with E-state index in [-0.39, 0.29) is 11.4 Å². The number of hydrogen-bond acceptors (Lipinski definition) is 4. The summed E-state index contributed by atoms with van der Waals surface area (Å²) in [6.45, 7) is -0.736. The molecule has 1 N–H and O–H groups in total. The highest BCUT2D eigenvalue weighted by Gasteiger charge is 2.29. The largest absolute Gasteiger partial charge is 0.440 e. The van der Waals surface area contributed by atoms with Crippen LogP contribution in [-0.2, 0) is 21.3 Å². The van der Waals surface area contributed by atoms with E-state index in [1.165, 1.54) is 28.6 Å². The fourth-order valence-corrected chi connectivity index (χ4v) is 3.75. The van der Waals surface area contributed by atoms with E-state index in [0.717, 1.165) is 12.8 Å².